The number of fused-ring (bicyclic) bond motifs is 1. The lowest BCUT2D eigenvalue weighted by Gasteiger charge is -2.24. The minimum atomic E-state index is -4.43. The summed E-state index contributed by atoms with van der Waals surface area (Å²) < 4.78 is 64.2. The van der Waals surface area contributed by atoms with E-state index in [-0.39, 0.29) is 34.9 Å². The highest BCUT2D eigenvalue weighted by Gasteiger charge is 2.86. The Morgan fingerprint density at radius 1 is 1.03 bits per heavy atom. The number of carbonyl (C=O) groups is 2. The van der Waals surface area contributed by atoms with Crippen molar-refractivity contribution in [1.82, 2.24) is 14.5 Å². The zero-order valence-corrected chi connectivity index (χ0v) is 19.1. The second-order valence-electron chi connectivity index (χ2n) is 9.11. The second kappa shape index (κ2) is 7.54. The molecule has 34 heavy (non-hydrogen) atoms. The van der Waals surface area contributed by atoms with Crippen LogP contribution >= 0.6 is 0 Å². The van der Waals surface area contributed by atoms with Crippen LogP contribution in [-0.2, 0) is 27.5 Å². The van der Waals surface area contributed by atoms with Crippen LogP contribution in [0.5, 0.6) is 0 Å². The molecule has 0 radical (unpaired) electrons. The summed E-state index contributed by atoms with van der Waals surface area (Å²) in [5.41, 5.74) is -0.0630. The molecule has 6 rings (SSSR count). The molecule has 2 saturated carbocycles. The first-order valence-corrected chi connectivity index (χ1v) is 12.2. The van der Waals surface area contributed by atoms with Crippen LogP contribution in [0.3, 0.4) is 0 Å². The first-order valence-electron chi connectivity index (χ1n) is 10.7. The van der Waals surface area contributed by atoms with Crippen molar-refractivity contribution in [3.8, 4) is 0 Å². The van der Waals surface area contributed by atoms with Gasteiger partial charge in [0.1, 0.15) is 6.04 Å². The molecule has 0 aromatic heterocycles. The van der Waals surface area contributed by atoms with Crippen LogP contribution in [0.2, 0.25) is 0 Å². The lowest BCUT2D eigenvalue weighted by molar-refractivity contribution is -0.137. The molecule has 2 saturated heterocycles. The summed E-state index contributed by atoms with van der Waals surface area (Å²) in [5.74, 6) is -0.0973. The number of halogens is 3. The zero-order chi connectivity index (χ0) is 24.6. The largest absolute Gasteiger partial charge is 0.416 e. The third-order valence-corrected chi connectivity index (χ3v) is 8.75. The van der Waals surface area contributed by atoms with E-state index in [2.05, 4.69) is 5.32 Å². The monoisotopic (exact) mass is 493 g/mol. The first kappa shape index (κ1) is 22.9. The SMILES string of the molecule is CN(C)S(=O)(=O)c1cccc(C(=O)N2C3C4[C@H]3[C@@H]4[C@@H]2C(=O)NCc2ccc(C(F)(F)F)cc2)c1. The Morgan fingerprint density at radius 3 is 2.26 bits per heavy atom. The summed E-state index contributed by atoms with van der Waals surface area (Å²) in [7, 11) is -0.918. The molecule has 2 unspecified atom stereocenters. The van der Waals surface area contributed by atoms with Gasteiger partial charge < -0.3 is 10.2 Å². The van der Waals surface area contributed by atoms with E-state index in [1.54, 1.807) is 4.90 Å². The van der Waals surface area contributed by atoms with Gasteiger partial charge in [-0.05, 0) is 53.6 Å². The number of rotatable bonds is 6. The van der Waals surface area contributed by atoms with Crippen LogP contribution in [0.15, 0.2) is 53.4 Å². The molecular formula is C23H22F3N3O4S. The molecule has 11 heteroatoms. The molecule has 0 spiro atoms. The summed E-state index contributed by atoms with van der Waals surface area (Å²) in [4.78, 5) is 27.8. The number of nitrogens with zero attached hydrogens (tertiary/aromatic N) is 2. The molecule has 7 nitrogen and oxygen atoms in total. The number of alkyl halides is 3. The maximum absolute atomic E-state index is 13.3. The van der Waals surface area contributed by atoms with E-state index >= 15 is 0 Å². The van der Waals surface area contributed by atoms with Crippen LogP contribution in [-0.4, -0.2) is 55.6 Å². The van der Waals surface area contributed by atoms with Gasteiger partial charge in [0.2, 0.25) is 15.9 Å². The maximum Gasteiger partial charge on any atom is 0.416 e. The van der Waals surface area contributed by atoms with Crippen molar-refractivity contribution in [1.29, 1.82) is 0 Å². The fraction of sp³-hybridized carbons (Fsp3) is 0.391. The first-order chi connectivity index (χ1) is 15.9. The molecule has 5 atom stereocenters. The van der Waals surface area contributed by atoms with Gasteiger partial charge in [0.25, 0.3) is 5.91 Å². The number of piperidine rings is 1. The molecular weight excluding hydrogens is 471 g/mol. The molecule has 4 fully saturated rings. The van der Waals surface area contributed by atoms with Crippen molar-refractivity contribution < 1.29 is 31.2 Å². The lowest BCUT2D eigenvalue weighted by atomic mass is 10.1. The van der Waals surface area contributed by atoms with Crippen molar-refractivity contribution in [3.05, 3.63) is 65.2 Å². The van der Waals surface area contributed by atoms with Gasteiger partial charge in [0.15, 0.2) is 0 Å². The number of amides is 2. The van der Waals surface area contributed by atoms with E-state index in [0.717, 1.165) is 16.4 Å². The summed E-state index contributed by atoms with van der Waals surface area (Å²) >= 11 is 0. The third-order valence-electron chi connectivity index (χ3n) is 6.94. The van der Waals surface area contributed by atoms with Crippen LogP contribution in [0.1, 0.15) is 21.5 Å². The third kappa shape index (κ3) is 3.58. The minimum absolute atomic E-state index is 0.00875. The van der Waals surface area contributed by atoms with E-state index in [0.29, 0.717) is 17.4 Å². The lowest BCUT2D eigenvalue weighted by Crippen LogP contribution is -2.46. The second-order valence-corrected chi connectivity index (χ2v) is 11.3. The molecule has 2 bridgehead atoms. The highest BCUT2D eigenvalue weighted by molar-refractivity contribution is 7.89. The smallest absolute Gasteiger partial charge is 0.350 e. The average molecular weight is 494 g/mol. The van der Waals surface area contributed by atoms with E-state index in [9.17, 15) is 31.2 Å². The normalized spacial score (nSPS) is 26.9. The van der Waals surface area contributed by atoms with Crippen LogP contribution in [0.25, 0.3) is 0 Å². The highest BCUT2D eigenvalue weighted by Crippen LogP contribution is 2.78. The van der Waals surface area contributed by atoms with Crippen LogP contribution < -0.4 is 5.32 Å². The van der Waals surface area contributed by atoms with E-state index in [4.69, 9.17) is 0 Å². The predicted octanol–water partition coefficient (Wildman–Crippen LogP) is 2.34. The van der Waals surface area contributed by atoms with E-state index in [1.165, 1.54) is 50.5 Å². The number of nitrogens with one attached hydrogen (secondary N) is 1. The fourth-order valence-electron chi connectivity index (χ4n) is 5.02. The molecule has 2 aromatic carbocycles. The molecule has 1 N–H and O–H groups in total. The number of hydrogen-bond acceptors (Lipinski definition) is 4. The molecule has 2 amide bonds. The Labute approximate surface area is 194 Å². The summed E-state index contributed by atoms with van der Waals surface area (Å²) in [5, 5.41) is 2.74. The average Bonchev–Trinajstić information content (AvgIpc) is 3.63. The van der Waals surface area contributed by atoms with Crippen molar-refractivity contribution >= 4 is 21.8 Å². The Bertz CT molecular complexity index is 1270. The zero-order valence-electron chi connectivity index (χ0n) is 18.3. The Morgan fingerprint density at radius 2 is 1.68 bits per heavy atom. The van der Waals surface area contributed by atoms with Gasteiger partial charge in [-0.3, -0.25) is 9.59 Å². The van der Waals surface area contributed by atoms with Gasteiger partial charge in [-0.1, -0.05) is 18.2 Å². The summed E-state index contributed by atoms with van der Waals surface area (Å²) in [6.45, 7) is 0.0405. The molecule has 180 valence electrons. The molecule has 2 aliphatic carbocycles. The van der Waals surface area contributed by atoms with Gasteiger partial charge in [-0.15, -0.1) is 0 Å². The van der Waals surface area contributed by atoms with Crippen molar-refractivity contribution in [3.63, 3.8) is 0 Å². The number of benzene rings is 2. The Hall–Kier alpha value is -2.92. The molecule has 2 aromatic rings. The van der Waals surface area contributed by atoms with Gasteiger partial charge in [0.05, 0.1) is 10.5 Å². The van der Waals surface area contributed by atoms with Crippen molar-refractivity contribution in [2.45, 2.75) is 29.7 Å². The van der Waals surface area contributed by atoms with Crippen LogP contribution in [0.4, 0.5) is 13.2 Å². The molecule has 2 aliphatic heterocycles. The molecule has 4 aliphatic rings. The van der Waals surface area contributed by atoms with Gasteiger partial charge in [0, 0.05) is 32.2 Å². The highest BCUT2D eigenvalue weighted by atomic mass is 32.2. The Balaban J connectivity index is 1.30. The fourth-order valence-corrected chi connectivity index (χ4v) is 5.96. The minimum Gasteiger partial charge on any atom is -0.350 e. The standard InChI is InChI=1S/C23H22F3N3O4S/c1-28(2)34(32,33)15-5-3-4-13(10-15)22(31)29-19-16-17(19)18(16)20(29)21(30)27-11-12-6-8-14(9-7-12)23(24,25)26/h3-10,16-20H,11H2,1-2H3,(H,27,30)/t16-,17?,18-,19?,20+/m0/s1. The number of carbonyl (C=O) groups excluding carboxylic acids is 2. The van der Waals surface area contributed by atoms with Gasteiger partial charge in [-0.2, -0.15) is 13.2 Å². The quantitative estimate of drug-likeness (QED) is 0.670. The van der Waals surface area contributed by atoms with Crippen molar-refractivity contribution in [2.24, 2.45) is 17.8 Å². The van der Waals surface area contributed by atoms with Crippen LogP contribution in [0, 0.1) is 17.8 Å². The van der Waals surface area contributed by atoms with E-state index < -0.39 is 33.7 Å². The topological polar surface area (TPSA) is 86.8 Å². The Kier molecular flexibility index (Phi) is 5.07. The summed E-state index contributed by atoms with van der Waals surface area (Å²) in [6.07, 6.45) is -4.43. The van der Waals surface area contributed by atoms with Gasteiger partial charge >= 0.3 is 6.18 Å². The van der Waals surface area contributed by atoms with Gasteiger partial charge in [-0.25, -0.2) is 12.7 Å². The van der Waals surface area contributed by atoms with E-state index in [1.807, 2.05) is 0 Å². The molecule has 2 heterocycles. The maximum atomic E-state index is 13.3. The van der Waals surface area contributed by atoms with Crippen molar-refractivity contribution in [2.75, 3.05) is 14.1 Å². The predicted molar refractivity (Wildman–Crippen MR) is 115 cm³/mol. The number of sulfonamides is 1. The number of hydrogen-bond donors (Lipinski definition) is 1. The summed E-state index contributed by atoms with van der Waals surface area (Å²) in [6, 6.07) is 9.60.